The molecule has 1 rings (SSSR count). The third-order valence-corrected chi connectivity index (χ3v) is 3.79. The molecule has 0 aromatic heterocycles. The molecule has 0 atom stereocenters. The molecule has 0 fully saturated rings. The Hall–Kier alpha value is -1.67. The highest BCUT2D eigenvalue weighted by Gasteiger charge is 2.20. The fraction of sp³-hybridized carbons (Fsp3) is 0.462. The van der Waals surface area contributed by atoms with Crippen LogP contribution < -0.4 is 9.62 Å². The first-order valence-electron chi connectivity index (χ1n) is 6.33. The molecule has 0 aliphatic rings. The van der Waals surface area contributed by atoms with E-state index in [0.29, 0.717) is 19.6 Å². The lowest BCUT2D eigenvalue weighted by Gasteiger charge is -2.21. The maximum Gasteiger partial charge on any atom is 0.240 e. The van der Waals surface area contributed by atoms with Crippen molar-refractivity contribution >= 4 is 21.6 Å². The predicted octanol–water partition coefficient (Wildman–Crippen LogP) is 0.744. The number of ether oxygens (including phenoxy) is 1. The number of hydrogen-bond acceptors (Lipinski definition) is 4. The number of nitrogens with zero attached hydrogens (tertiary/aromatic N) is 1. The van der Waals surface area contributed by atoms with E-state index in [1.807, 2.05) is 0 Å². The van der Waals surface area contributed by atoms with E-state index >= 15 is 0 Å². The van der Waals surface area contributed by atoms with Crippen LogP contribution in [0.4, 0.5) is 10.1 Å². The second kappa shape index (κ2) is 7.94. The highest BCUT2D eigenvalue weighted by Crippen LogP contribution is 2.17. The van der Waals surface area contributed by atoms with E-state index in [0.717, 1.165) is 22.7 Å². The number of carbonyl (C=O) groups excluding carboxylic acids is 1. The number of rotatable bonds is 8. The summed E-state index contributed by atoms with van der Waals surface area (Å²) >= 11 is 0. The molecule has 0 aliphatic heterocycles. The van der Waals surface area contributed by atoms with E-state index in [4.69, 9.17) is 4.74 Å². The standard InChI is InChI=1S/C13H19FN2O4S/c1-20-9-3-8-15-13(17)10-16(21(2,18)19)12-6-4-11(14)5-7-12/h4-7H,3,8-10H2,1-2H3,(H,15,17). The van der Waals surface area contributed by atoms with Gasteiger partial charge in [-0.3, -0.25) is 9.10 Å². The molecule has 0 bridgehead atoms. The molecule has 118 valence electrons. The average molecular weight is 318 g/mol. The fourth-order valence-corrected chi connectivity index (χ4v) is 2.49. The van der Waals surface area contributed by atoms with E-state index in [1.165, 1.54) is 12.1 Å². The van der Waals surface area contributed by atoms with Crippen LogP contribution in [-0.2, 0) is 19.6 Å². The van der Waals surface area contributed by atoms with Gasteiger partial charge >= 0.3 is 0 Å². The third-order valence-electron chi connectivity index (χ3n) is 2.65. The van der Waals surface area contributed by atoms with Gasteiger partial charge in [0.25, 0.3) is 0 Å². The van der Waals surface area contributed by atoms with Crippen molar-refractivity contribution in [2.75, 3.05) is 37.4 Å². The number of anilines is 1. The topological polar surface area (TPSA) is 75.7 Å². The maximum atomic E-state index is 12.9. The zero-order valence-corrected chi connectivity index (χ0v) is 12.8. The van der Waals surface area contributed by atoms with Crippen LogP contribution in [0.1, 0.15) is 6.42 Å². The number of sulfonamides is 1. The zero-order chi connectivity index (χ0) is 15.9. The molecule has 6 nitrogen and oxygen atoms in total. The molecule has 0 spiro atoms. The van der Waals surface area contributed by atoms with Crippen molar-refractivity contribution in [1.29, 1.82) is 0 Å². The summed E-state index contributed by atoms with van der Waals surface area (Å²) in [7, 11) is -2.08. The molecule has 0 heterocycles. The summed E-state index contributed by atoms with van der Waals surface area (Å²) in [6.07, 6.45) is 1.63. The molecular formula is C13H19FN2O4S. The minimum Gasteiger partial charge on any atom is -0.385 e. The average Bonchev–Trinajstić information content (AvgIpc) is 2.41. The molecule has 0 saturated heterocycles. The summed E-state index contributed by atoms with van der Waals surface area (Å²) in [5.74, 6) is -0.905. The lowest BCUT2D eigenvalue weighted by Crippen LogP contribution is -2.40. The highest BCUT2D eigenvalue weighted by molar-refractivity contribution is 7.92. The molecular weight excluding hydrogens is 299 g/mol. The molecule has 0 unspecified atom stereocenters. The summed E-state index contributed by atoms with van der Waals surface area (Å²) in [4.78, 5) is 11.8. The molecule has 0 saturated carbocycles. The van der Waals surface area contributed by atoms with Crippen LogP contribution in [0.2, 0.25) is 0 Å². The van der Waals surface area contributed by atoms with Crippen molar-refractivity contribution in [2.45, 2.75) is 6.42 Å². The Morgan fingerprint density at radius 1 is 1.33 bits per heavy atom. The van der Waals surface area contributed by atoms with Crippen molar-refractivity contribution in [3.8, 4) is 0 Å². The first-order chi connectivity index (χ1) is 9.84. The van der Waals surface area contributed by atoms with Gasteiger partial charge in [0, 0.05) is 20.3 Å². The smallest absolute Gasteiger partial charge is 0.240 e. The molecule has 1 amide bonds. The van der Waals surface area contributed by atoms with Gasteiger partial charge in [0.1, 0.15) is 12.4 Å². The minimum atomic E-state index is -3.64. The Balaban J connectivity index is 2.72. The maximum absolute atomic E-state index is 12.9. The number of halogens is 1. The van der Waals surface area contributed by atoms with Gasteiger partial charge in [0.05, 0.1) is 11.9 Å². The van der Waals surface area contributed by atoms with Crippen molar-refractivity contribution in [3.63, 3.8) is 0 Å². The largest absolute Gasteiger partial charge is 0.385 e. The van der Waals surface area contributed by atoms with Crippen LogP contribution in [0.25, 0.3) is 0 Å². The van der Waals surface area contributed by atoms with Crippen LogP contribution >= 0.6 is 0 Å². The van der Waals surface area contributed by atoms with E-state index in [2.05, 4.69) is 5.32 Å². The first-order valence-corrected chi connectivity index (χ1v) is 8.18. The van der Waals surface area contributed by atoms with Crippen LogP contribution in [0.3, 0.4) is 0 Å². The second-order valence-electron chi connectivity index (χ2n) is 4.44. The Labute approximate surface area is 123 Å². The SMILES string of the molecule is COCCCNC(=O)CN(c1ccc(F)cc1)S(C)(=O)=O. The first kappa shape index (κ1) is 17.4. The molecule has 1 N–H and O–H groups in total. The number of methoxy groups -OCH3 is 1. The number of carbonyl (C=O) groups is 1. The van der Waals surface area contributed by atoms with Gasteiger partial charge in [-0.05, 0) is 30.7 Å². The van der Waals surface area contributed by atoms with Crippen molar-refractivity contribution in [1.82, 2.24) is 5.32 Å². The molecule has 1 aromatic carbocycles. The van der Waals surface area contributed by atoms with Gasteiger partial charge in [0.15, 0.2) is 0 Å². The Morgan fingerprint density at radius 3 is 2.48 bits per heavy atom. The van der Waals surface area contributed by atoms with Gasteiger partial charge in [-0.15, -0.1) is 0 Å². The number of nitrogens with one attached hydrogen (secondary N) is 1. The number of amides is 1. The molecule has 0 aliphatic carbocycles. The lowest BCUT2D eigenvalue weighted by molar-refractivity contribution is -0.119. The molecule has 8 heteroatoms. The van der Waals surface area contributed by atoms with Crippen LogP contribution in [0.5, 0.6) is 0 Å². The third kappa shape index (κ3) is 6.09. The van der Waals surface area contributed by atoms with E-state index in [9.17, 15) is 17.6 Å². The van der Waals surface area contributed by atoms with E-state index in [-0.39, 0.29) is 12.2 Å². The number of hydrogen-bond donors (Lipinski definition) is 1. The Morgan fingerprint density at radius 2 is 1.95 bits per heavy atom. The number of benzene rings is 1. The van der Waals surface area contributed by atoms with E-state index < -0.39 is 21.7 Å². The molecule has 21 heavy (non-hydrogen) atoms. The predicted molar refractivity (Wildman–Crippen MR) is 78.1 cm³/mol. The lowest BCUT2D eigenvalue weighted by atomic mass is 10.3. The quantitative estimate of drug-likeness (QED) is 0.718. The van der Waals surface area contributed by atoms with Crippen molar-refractivity contribution in [2.24, 2.45) is 0 Å². The van der Waals surface area contributed by atoms with Gasteiger partial charge in [-0.1, -0.05) is 0 Å². The summed E-state index contributed by atoms with van der Waals surface area (Å²) in [5.41, 5.74) is 0.242. The van der Waals surface area contributed by atoms with Gasteiger partial charge in [-0.25, -0.2) is 12.8 Å². The second-order valence-corrected chi connectivity index (χ2v) is 6.35. The van der Waals surface area contributed by atoms with Crippen molar-refractivity contribution in [3.05, 3.63) is 30.1 Å². The van der Waals surface area contributed by atoms with Gasteiger partial charge in [-0.2, -0.15) is 0 Å². The van der Waals surface area contributed by atoms with Crippen LogP contribution in [0.15, 0.2) is 24.3 Å². The summed E-state index contributed by atoms with van der Waals surface area (Å²) < 4.78 is 42.2. The fourth-order valence-electron chi connectivity index (χ4n) is 1.64. The minimum absolute atomic E-state index is 0.242. The van der Waals surface area contributed by atoms with E-state index in [1.54, 1.807) is 7.11 Å². The summed E-state index contributed by atoms with van der Waals surface area (Å²) in [6.45, 7) is 0.555. The summed E-state index contributed by atoms with van der Waals surface area (Å²) in [5, 5.41) is 2.60. The monoisotopic (exact) mass is 318 g/mol. The van der Waals surface area contributed by atoms with Crippen LogP contribution in [0, 0.1) is 5.82 Å². The van der Waals surface area contributed by atoms with Crippen molar-refractivity contribution < 1.29 is 22.3 Å². The Kier molecular flexibility index (Phi) is 6.57. The highest BCUT2D eigenvalue weighted by atomic mass is 32.2. The van der Waals surface area contributed by atoms with Gasteiger partial charge < -0.3 is 10.1 Å². The van der Waals surface area contributed by atoms with Gasteiger partial charge in [0.2, 0.25) is 15.9 Å². The molecule has 0 radical (unpaired) electrons. The normalized spacial score (nSPS) is 11.2. The molecule has 1 aromatic rings. The zero-order valence-electron chi connectivity index (χ0n) is 12.0. The summed E-state index contributed by atoms with van der Waals surface area (Å²) in [6, 6.07) is 4.91. The Bertz CT molecular complexity index is 560. The van der Waals surface area contributed by atoms with Crippen LogP contribution in [-0.4, -0.2) is 47.4 Å².